The van der Waals surface area contributed by atoms with Crippen LogP contribution < -0.4 is 4.74 Å². The van der Waals surface area contributed by atoms with Crippen molar-refractivity contribution >= 4 is 15.9 Å². The van der Waals surface area contributed by atoms with E-state index in [-0.39, 0.29) is 0 Å². The van der Waals surface area contributed by atoms with Gasteiger partial charge < -0.3 is 14.9 Å². The summed E-state index contributed by atoms with van der Waals surface area (Å²) in [5.74, 6) is 0.878. The predicted molar refractivity (Wildman–Crippen MR) is 64.7 cm³/mol. The first kappa shape index (κ1) is 11.9. The molecular formula is C12H15BrO3. The van der Waals surface area contributed by atoms with Gasteiger partial charge in [-0.05, 0) is 30.2 Å². The van der Waals surface area contributed by atoms with Gasteiger partial charge in [-0.15, -0.1) is 0 Å². The summed E-state index contributed by atoms with van der Waals surface area (Å²) in [6, 6.07) is 3.98. The third kappa shape index (κ3) is 2.39. The number of rotatable bonds is 3. The second-order valence-corrected chi connectivity index (χ2v) is 5.08. The lowest BCUT2D eigenvalue weighted by Gasteiger charge is -2.15. The van der Waals surface area contributed by atoms with Crippen LogP contribution in [0.2, 0.25) is 0 Å². The molecule has 1 heterocycles. The fourth-order valence-electron chi connectivity index (χ4n) is 1.89. The molecule has 3 nitrogen and oxygen atoms in total. The van der Waals surface area contributed by atoms with Crippen molar-refractivity contribution in [3.63, 3.8) is 0 Å². The number of benzene rings is 1. The van der Waals surface area contributed by atoms with Gasteiger partial charge in [-0.25, -0.2) is 0 Å². The van der Waals surface area contributed by atoms with Crippen LogP contribution in [-0.4, -0.2) is 29.0 Å². The van der Waals surface area contributed by atoms with Crippen molar-refractivity contribution in [3.05, 3.63) is 27.7 Å². The van der Waals surface area contributed by atoms with E-state index in [0.717, 1.165) is 22.2 Å². The van der Waals surface area contributed by atoms with Gasteiger partial charge in [-0.2, -0.15) is 0 Å². The van der Waals surface area contributed by atoms with E-state index in [1.807, 2.05) is 12.1 Å². The molecule has 2 rings (SSSR count). The minimum Gasteiger partial charge on any atom is -0.493 e. The molecule has 2 N–H and O–H groups in total. The molecule has 0 amide bonds. The largest absolute Gasteiger partial charge is 0.493 e. The van der Waals surface area contributed by atoms with Crippen molar-refractivity contribution in [2.24, 2.45) is 0 Å². The predicted octanol–water partition coefficient (Wildman–Crippen LogP) is 1.67. The molecule has 16 heavy (non-hydrogen) atoms. The van der Waals surface area contributed by atoms with Gasteiger partial charge >= 0.3 is 0 Å². The zero-order valence-electron chi connectivity index (χ0n) is 9.11. The summed E-state index contributed by atoms with van der Waals surface area (Å²) in [7, 11) is 0. The van der Waals surface area contributed by atoms with Crippen LogP contribution in [0, 0.1) is 0 Å². The smallest absolute Gasteiger partial charge is 0.125 e. The number of aliphatic hydroxyl groups excluding tert-OH is 2. The second-order valence-electron chi connectivity index (χ2n) is 4.16. The SMILES string of the molecule is CC(O)C(O)Cc1cc(Br)cc2c1OCC2. The molecule has 0 saturated carbocycles. The van der Waals surface area contributed by atoms with Crippen LogP contribution in [0.3, 0.4) is 0 Å². The number of halogens is 1. The first-order chi connectivity index (χ1) is 7.58. The Balaban J connectivity index is 2.27. The molecule has 1 aliphatic heterocycles. The van der Waals surface area contributed by atoms with E-state index in [0.29, 0.717) is 13.0 Å². The van der Waals surface area contributed by atoms with E-state index in [9.17, 15) is 10.2 Å². The van der Waals surface area contributed by atoms with Gasteiger partial charge in [0.15, 0.2) is 0 Å². The van der Waals surface area contributed by atoms with Gasteiger partial charge in [0.25, 0.3) is 0 Å². The molecule has 1 aliphatic rings. The molecule has 1 aromatic rings. The first-order valence-corrected chi connectivity index (χ1v) is 6.17. The van der Waals surface area contributed by atoms with Crippen LogP contribution in [0.5, 0.6) is 5.75 Å². The Kier molecular flexibility index (Phi) is 3.52. The Morgan fingerprint density at radius 1 is 1.44 bits per heavy atom. The Labute approximate surface area is 103 Å². The van der Waals surface area contributed by atoms with Crippen LogP contribution >= 0.6 is 15.9 Å². The van der Waals surface area contributed by atoms with E-state index in [1.54, 1.807) is 6.92 Å². The van der Waals surface area contributed by atoms with E-state index in [4.69, 9.17) is 4.74 Å². The Hall–Kier alpha value is -0.580. The van der Waals surface area contributed by atoms with E-state index >= 15 is 0 Å². The minimum atomic E-state index is -0.748. The van der Waals surface area contributed by atoms with Crippen molar-refractivity contribution in [1.82, 2.24) is 0 Å². The average Bonchev–Trinajstić information content (AvgIpc) is 2.65. The summed E-state index contributed by atoms with van der Waals surface area (Å²) in [5, 5.41) is 19.0. The van der Waals surface area contributed by atoms with Crippen LogP contribution in [-0.2, 0) is 12.8 Å². The minimum absolute atomic E-state index is 0.416. The standard InChI is InChI=1S/C12H15BrO3/c1-7(14)11(15)6-9-5-10(13)4-8-2-3-16-12(8)9/h4-5,7,11,14-15H,2-3,6H2,1H3. The Bertz CT molecular complexity index is 390. The highest BCUT2D eigenvalue weighted by atomic mass is 79.9. The van der Waals surface area contributed by atoms with Crippen LogP contribution in [0.1, 0.15) is 18.1 Å². The third-order valence-corrected chi connectivity index (χ3v) is 3.27. The average molecular weight is 287 g/mol. The van der Waals surface area contributed by atoms with Gasteiger partial charge in [0, 0.05) is 17.3 Å². The summed E-state index contributed by atoms with van der Waals surface area (Å²) in [6.07, 6.45) is -0.148. The van der Waals surface area contributed by atoms with Gasteiger partial charge in [0.05, 0.1) is 18.8 Å². The molecule has 4 heteroatoms. The van der Waals surface area contributed by atoms with Crippen molar-refractivity contribution in [2.75, 3.05) is 6.61 Å². The molecule has 0 saturated heterocycles. The summed E-state index contributed by atoms with van der Waals surface area (Å²) in [6.45, 7) is 2.29. The molecule has 0 spiro atoms. The lowest BCUT2D eigenvalue weighted by Crippen LogP contribution is -2.24. The number of fused-ring (bicyclic) bond motifs is 1. The zero-order valence-corrected chi connectivity index (χ0v) is 10.7. The molecule has 0 aliphatic carbocycles. The maximum Gasteiger partial charge on any atom is 0.125 e. The van der Waals surface area contributed by atoms with Gasteiger partial charge in [0.1, 0.15) is 5.75 Å². The molecule has 1 aromatic carbocycles. The van der Waals surface area contributed by atoms with Crippen LogP contribution in [0.25, 0.3) is 0 Å². The molecule has 2 unspecified atom stereocenters. The van der Waals surface area contributed by atoms with Crippen molar-refractivity contribution in [1.29, 1.82) is 0 Å². The van der Waals surface area contributed by atoms with Crippen molar-refractivity contribution in [2.45, 2.75) is 32.0 Å². The lowest BCUT2D eigenvalue weighted by atomic mass is 10.0. The number of hydrogen-bond acceptors (Lipinski definition) is 3. The van der Waals surface area contributed by atoms with Crippen LogP contribution in [0.4, 0.5) is 0 Å². The summed E-state index contributed by atoms with van der Waals surface area (Å²) >= 11 is 3.44. The second kappa shape index (κ2) is 4.73. The Morgan fingerprint density at radius 3 is 2.88 bits per heavy atom. The summed E-state index contributed by atoms with van der Waals surface area (Å²) in [5.41, 5.74) is 2.12. The quantitative estimate of drug-likeness (QED) is 0.889. The number of hydrogen-bond donors (Lipinski definition) is 2. The molecule has 0 aromatic heterocycles. The molecule has 0 bridgehead atoms. The lowest BCUT2D eigenvalue weighted by molar-refractivity contribution is 0.0316. The van der Waals surface area contributed by atoms with Crippen molar-refractivity contribution in [3.8, 4) is 5.75 Å². The van der Waals surface area contributed by atoms with E-state index in [2.05, 4.69) is 15.9 Å². The highest BCUT2D eigenvalue weighted by molar-refractivity contribution is 9.10. The highest BCUT2D eigenvalue weighted by Crippen LogP contribution is 2.33. The summed E-state index contributed by atoms with van der Waals surface area (Å²) in [4.78, 5) is 0. The maximum absolute atomic E-state index is 9.68. The number of ether oxygens (including phenoxy) is 1. The molecular weight excluding hydrogens is 272 g/mol. The fourth-order valence-corrected chi connectivity index (χ4v) is 2.45. The first-order valence-electron chi connectivity index (χ1n) is 5.38. The molecule has 88 valence electrons. The monoisotopic (exact) mass is 286 g/mol. The van der Waals surface area contributed by atoms with Crippen LogP contribution in [0.15, 0.2) is 16.6 Å². The van der Waals surface area contributed by atoms with Gasteiger partial charge in [0.2, 0.25) is 0 Å². The normalized spacial score (nSPS) is 17.8. The maximum atomic E-state index is 9.68. The topological polar surface area (TPSA) is 49.7 Å². The third-order valence-electron chi connectivity index (χ3n) is 2.81. The number of aliphatic hydroxyl groups is 2. The van der Waals surface area contributed by atoms with Crippen molar-refractivity contribution < 1.29 is 14.9 Å². The Morgan fingerprint density at radius 2 is 2.19 bits per heavy atom. The molecule has 0 radical (unpaired) electrons. The zero-order chi connectivity index (χ0) is 11.7. The van der Waals surface area contributed by atoms with Gasteiger partial charge in [-0.3, -0.25) is 0 Å². The van der Waals surface area contributed by atoms with Gasteiger partial charge in [-0.1, -0.05) is 15.9 Å². The van der Waals surface area contributed by atoms with E-state index < -0.39 is 12.2 Å². The molecule has 0 fully saturated rings. The molecule has 2 atom stereocenters. The summed E-state index contributed by atoms with van der Waals surface area (Å²) < 4.78 is 6.54. The van der Waals surface area contributed by atoms with E-state index in [1.165, 1.54) is 5.56 Å². The fraction of sp³-hybridized carbons (Fsp3) is 0.500. The highest BCUT2D eigenvalue weighted by Gasteiger charge is 2.20.